The fourth-order valence-electron chi connectivity index (χ4n) is 5.02. The Hall–Kier alpha value is -2.89. The Bertz CT molecular complexity index is 1110. The van der Waals surface area contributed by atoms with Gasteiger partial charge in [0.1, 0.15) is 5.60 Å². The first-order chi connectivity index (χ1) is 17.4. The van der Waals surface area contributed by atoms with E-state index in [9.17, 15) is 4.79 Å². The summed E-state index contributed by atoms with van der Waals surface area (Å²) in [5.74, 6) is 0. The predicted octanol–water partition coefficient (Wildman–Crippen LogP) is 5.87. The highest BCUT2D eigenvalue weighted by Crippen LogP contribution is 2.20. The normalized spacial score (nSPS) is 17.2. The first-order valence-electron chi connectivity index (χ1n) is 13.3. The molecule has 36 heavy (non-hydrogen) atoms. The quantitative estimate of drug-likeness (QED) is 0.383. The van der Waals surface area contributed by atoms with Crippen molar-refractivity contribution in [1.82, 2.24) is 15.1 Å². The molecule has 3 aromatic carbocycles. The molecule has 0 spiro atoms. The third kappa shape index (κ3) is 8.07. The predicted molar refractivity (Wildman–Crippen MR) is 148 cm³/mol. The van der Waals surface area contributed by atoms with Crippen LogP contribution in [0.3, 0.4) is 0 Å². The number of rotatable bonds is 9. The number of carbonyl (C=O) groups excluding carboxylic acids is 1. The van der Waals surface area contributed by atoms with Crippen LogP contribution in [0.1, 0.15) is 44.7 Å². The van der Waals surface area contributed by atoms with Gasteiger partial charge in [-0.25, -0.2) is 4.79 Å². The van der Waals surface area contributed by atoms with Gasteiger partial charge in [0.15, 0.2) is 0 Å². The Morgan fingerprint density at radius 3 is 2.47 bits per heavy atom. The molecular weight excluding hydrogens is 446 g/mol. The number of piperazine rings is 1. The molecule has 5 nitrogen and oxygen atoms in total. The Morgan fingerprint density at radius 2 is 1.69 bits per heavy atom. The lowest BCUT2D eigenvalue weighted by atomic mass is 10.0. The minimum absolute atomic E-state index is 0.329. The van der Waals surface area contributed by atoms with Crippen LogP contribution in [0.5, 0.6) is 0 Å². The van der Waals surface area contributed by atoms with E-state index in [0.29, 0.717) is 12.6 Å². The van der Waals surface area contributed by atoms with Crippen LogP contribution in [0.25, 0.3) is 10.8 Å². The van der Waals surface area contributed by atoms with Crippen molar-refractivity contribution in [2.45, 2.75) is 58.2 Å². The molecule has 0 saturated carbocycles. The zero-order valence-electron chi connectivity index (χ0n) is 22.1. The van der Waals surface area contributed by atoms with Gasteiger partial charge in [-0.15, -0.1) is 0 Å². The zero-order valence-corrected chi connectivity index (χ0v) is 22.1. The molecule has 0 unspecified atom stereocenters. The maximum absolute atomic E-state index is 12.0. The number of hydrogen-bond acceptors (Lipinski definition) is 4. The first-order valence-corrected chi connectivity index (χ1v) is 13.3. The topological polar surface area (TPSA) is 44.8 Å². The maximum atomic E-state index is 12.0. The average Bonchev–Trinajstić information content (AvgIpc) is 2.85. The van der Waals surface area contributed by atoms with E-state index in [2.05, 4.69) is 87.9 Å². The second-order valence-electron chi connectivity index (χ2n) is 10.9. The number of ether oxygens (including phenoxy) is 1. The van der Waals surface area contributed by atoms with Crippen molar-refractivity contribution in [2.24, 2.45) is 0 Å². The van der Waals surface area contributed by atoms with E-state index >= 15 is 0 Å². The van der Waals surface area contributed by atoms with Crippen molar-refractivity contribution >= 4 is 16.9 Å². The lowest BCUT2D eigenvalue weighted by molar-refractivity contribution is 0.0512. The van der Waals surface area contributed by atoms with Crippen molar-refractivity contribution in [1.29, 1.82) is 0 Å². The summed E-state index contributed by atoms with van der Waals surface area (Å²) in [6, 6.07) is 26.6. The molecular formula is C31H41N3O2. The number of carbonyl (C=O) groups is 1. The van der Waals surface area contributed by atoms with Crippen LogP contribution in [0.15, 0.2) is 72.8 Å². The van der Waals surface area contributed by atoms with E-state index in [1.165, 1.54) is 21.9 Å². The molecule has 1 aliphatic rings. The number of hydrogen-bond donors (Lipinski definition) is 1. The number of nitrogens with one attached hydrogen (secondary N) is 1. The second kappa shape index (κ2) is 12.4. The molecule has 1 saturated heterocycles. The van der Waals surface area contributed by atoms with E-state index in [1.54, 1.807) is 0 Å². The van der Waals surface area contributed by atoms with Gasteiger partial charge in [-0.1, -0.05) is 72.8 Å². The molecule has 1 N–H and O–H groups in total. The van der Waals surface area contributed by atoms with Crippen LogP contribution in [0.4, 0.5) is 4.79 Å². The lowest BCUT2D eigenvalue weighted by Crippen LogP contribution is -2.53. The molecule has 1 fully saturated rings. The summed E-state index contributed by atoms with van der Waals surface area (Å²) < 4.78 is 5.38. The standard InChI is InChI=1S/C31H41N3O2/c1-31(2,3)36-30(35)32-18-9-14-29-24-33(23-26-10-5-4-6-11-26)20-21-34(29)19-17-25-15-16-27-12-7-8-13-28(27)22-25/h4-8,10-13,15-16,22,29H,9,14,17-21,23-24H2,1-3H3,(H,32,35)/t29-/m1/s1. The van der Waals surface area contributed by atoms with Crippen LogP contribution in [-0.2, 0) is 17.7 Å². The molecule has 1 heterocycles. The molecule has 1 amide bonds. The Balaban J connectivity index is 1.34. The van der Waals surface area contributed by atoms with E-state index in [0.717, 1.165) is 52.0 Å². The van der Waals surface area contributed by atoms with Crippen molar-refractivity contribution in [3.05, 3.63) is 83.9 Å². The van der Waals surface area contributed by atoms with Crippen LogP contribution in [-0.4, -0.2) is 60.3 Å². The zero-order chi connectivity index (χ0) is 25.4. The molecule has 1 atom stereocenters. The van der Waals surface area contributed by atoms with Crippen LogP contribution in [0.2, 0.25) is 0 Å². The molecule has 0 aliphatic carbocycles. The van der Waals surface area contributed by atoms with E-state index in [-0.39, 0.29) is 6.09 Å². The summed E-state index contributed by atoms with van der Waals surface area (Å²) in [6.07, 6.45) is 2.72. The van der Waals surface area contributed by atoms with Crippen molar-refractivity contribution in [2.75, 3.05) is 32.7 Å². The number of benzene rings is 3. The second-order valence-corrected chi connectivity index (χ2v) is 10.9. The highest BCUT2D eigenvalue weighted by Gasteiger charge is 2.26. The smallest absolute Gasteiger partial charge is 0.407 e. The Morgan fingerprint density at radius 1 is 0.944 bits per heavy atom. The largest absolute Gasteiger partial charge is 0.444 e. The highest BCUT2D eigenvalue weighted by atomic mass is 16.6. The summed E-state index contributed by atoms with van der Waals surface area (Å²) >= 11 is 0. The Kier molecular flexibility index (Phi) is 9.00. The number of nitrogens with zero attached hydrogens (tertiary/aromatic N) is 2. The van der Waals surface area contributed by atoms with Gasteiger partial charge in [0, 0.05) is 45.3 Å². The van der Waals surface area contributed by atoms with Gasteiger partial charge in [0.05, 0.1) is 0 Å². The van der Waals surface area contributed by atoms with Gasteiger partial charge in [-0.05, 0) is 61.9 Å². The minimum Gasteiger partial charge on any atom is -0.444 e. The van der Waals surface area contributed by atoms with E-state index < -0.39 is 5.60 Å². The van der Waals surface area contributed by atoms with E-state index in [1.807, 2.05) is 20.8 Å². The lowest BCUT2D eigenvalue weighted by Gasteiger charge is -2.42. The van der Waals surface area contributed by atoms with Crippen LogP contribution >= 0.6 is 0 Å². The highest BCUT2D eigenvalue weighted by molar-refractivity contribution is 5.83. The Labute approximate surface area is 216 Å². The first kappa shape index (κ1) is 26.2. The summed E-state index contributed by atoms with van der Waals surface area (Å²) in [7, 11) is 0. The molecule has 0 bridgehead atoms. The van der Waals surface area contributed by atoms with Crippen molar-refractivity contribution in [3.8, 4) is 0 Å². The molecule has 0 aromatic heterocycles. The van der Waals surface area contributed by atoms with E-state index in [4.69, 9.17) is 4.74 Å². The average molecular weight is 488 g/mol. The SMILES string of the molecule is CC(C)(C)OC(=O)NCCC[C@@H]1CN(Cc2ccccc2)CCN1CCc1ccc2ccccc2c1. The maximum Gasteiger partial charge on any atom is 0.407 e. The van der Waals surface area contributed by atoms with Gasteiger partial charge < -0.3 is 10.1 Å². The summed E-state index contributed by atoms with van der Waals surface area (Å²) in [5.41, 5.74) is 2.29. The van der Waals surface area contributed by atoms with Gasteiger partial charge in [0.25, 0.3) is 0 Å². The van der Waals surface area contributed by atoms with Crippen LogP contribution < -0.4 is 5.32 Å². The third-order valence-electron chi connectivity index (χ3n) is 6.82. The van der Waals surface area contributed by atoms with Gasteiger partial charge in [-0.2, -0.15) is 0 Å². The minimum atomic E-state index is -0.467. The van der Waals surface area contributed by atoms with Crippen LogP contribution in [0, 0.1) is 0 Å². The summed E-state index contributed by atoms with van der Waals surface area (Å²) in [5, 5.41) is 5.54. The number of fused-ring (bicyclic) bond motifs is 1. The number of alkyl carbamates (subject to hydrolysis) is 1. The van der Waals surface area contributed by atoms with Crippen molar-refractivity contribution in [3.63, 3.8) is 0 Å². The summed E-state index contributed by atoms with van der Waals surface area (Å²) in [4.78, 5) is 17.3. The molecule has 1 aliphatic heterocycles. The third-order valence-corrected chi connectivity index (χ3v) is 6.82. The summed E-state index contributed by atoms with van der Waals surface area (Å²) in [6.45, 7) is 11.6. The molecule has 0 radical (unpaired) electrons. The molecule has 3 aromatic rings. The molecule has 192 valence electrons. The fraction of sp³-hybridized carbons (Fsp3) is 0.452. The number of amides is 1. The monoisotopic (exact) mass is 487 g/mol. The van der Waals surface area contributed by atoms with Crippen molar-refractivity contribution < 1.29 is 9.53 Å². The van der Waals surface area contributed by atoms with Gasteiger partial charge in [0.2, 0.25) is 0 Å². The van der Waals surface area contributed by atoms with Gasteiger partial charge >= 0.3 is 6.09 Å². The fourth-order valence-corrected chi connectivity index (χ4v) is 5.02. The molecule has 5 heteroatoms. The van der Waals surface area contributed by atoms with Gasteiger partial charge in [-0.3, -0.25) is 9.80 Å². The molecule has 4 rings (SSSR count).